The molecule has 7 nitrogen and oxygen atoms in total. The average Bonchev–Trinajstić information content (AvgIpc) is 2.80. The Bertz CT molecular complexity index is 919. The zero-order chi connectivity index (χ0) is 22.8. The molecular weight excluding hydrogens is 428 g/mol. The van der Waals surface area contributed by atoms with Crippen molar-refractivity contribution in [2.75, 3.05) is 37.7 Å². The highest BCUT2D eigenvalue weighted by Gasteiger charge is 2.46. The Morgan fingerprint density at radius 1 is 0.906 bits per heavy atom. The summed E-state index contributed by atoms with van der Waals surface area (Å²) in [6, 6.07) is 14.9. The lowest BCUT2D eigenvalue weighted by atomic mass is 9.97. The number of nitrogens with zero attached hydrogens (tertiary/aromatic N) is 2. The molecule has 0 bridgehead atoms. The minimum Gasteiger partial charge on any atom is -0.394 e. The fourth-order valence-electron chi connectivity index (χ4n) is 4.44. The summed E-state index contributed by atoms with van der Waals surface area (Å²) in [5.74, 6) is 0. The largest absolute Gasteiger partial charge is 0.394 e. The first kappa shape index (κ1) is 23.5. The second-order valence-corrected chi connectivity index (χ2v) is 9.66. The molecule has 2 aliphatic rings. The Balaban J connectivity index is 1.45. The summed E-state index contributed by atoms with van der Waals surface area (Å²) in [5.41, 5.74) is 3.69. The first-order valence-electron chi connectivity index (χ1n) is 11.0. The molecule has 2 heterocycles. The van der Waals surface area contributed by atoms with Crippen molar-refractivity contribution in [1.82, 2.24) is 4.90 Å². The first-order valence-corrected chi connectivity index (χ1v) is 11.8. The zero-order valence-corrected chi connectivity index (χ0v) is 19.3. The summed E-state index contributed by atoms with van der Waals surface area (Å²) < 4.78 is 5.73. The van der Waals surface area contributed by atoms with Crippen LogP contribution in [0.3, 0.4) is 0 Å². The van der Waals surface area contributed by atoms with Gasteiger partial charge in [-0.2, -0.15) is 0 Å². The van der Waals surface area contributed by atoms with Gasteiger partial charge in [-0.15, -0.1) is 0 Å². The minimum absolute atomic E-state index is 0.412. The molecule has 0 saturated carbocycles. The molecule has 8 heteroatoms. The van der Waals surface area contributed by atoms with Gasteiger partial charge in [0, 0.05) is 36.0 Å². The molecule has 2 aromatic rings. The van der Waals surface area contributed by atoms with E-state index in [1.807, 2.05) is 11.0 Å². The molecule has 2 fully saturated rings. The van der Waals surface area contributed by atoms with Gasteiger partial charge in [0.25, 0.3) is 0 Å². The second-order valence-electron chi connectivity index (χ2n) is 8.58. The molecule has 174 valence electrons. The van der Waals surface area contributed by atoms with Crippen LogP contribution in [-0.2, 0) is 4.74 Å². The van der Waals surface area contributed by atoms with Crippen LogP contribution in [-0.4, -0.2) is 88.8 Å². The first-order chi connectivity index (χ1) is 15.4. The number of hydrogen-bond acceptors (Lipinski definition) is 8. The fraction of sp³-hybridized carbons (Fsp3) is 0.500. The lowest BCUT2D eigenvalue weighted by Crippen LogP contribution is -2.65. The van der Waals surface area contributed by atoms with Gasteiger partial charge in [0.1, 0.15) is 30.6 Å². The number of aliphatic hydroxyl groups excluding tert-OH is 4. The minimum atomic E-state index is -1.35. The second kappa shape index (κ2) is 10.1. The fourth-order valence-corrected chi connectivity index (χ4v) is 5.48. The molecule has 32 heavy (non-hydrogen) atoms. The number of piperazine rings is 1. The molecular formula is C24H32N2O5S. The zero-order valence-electron chi connectivity index (χ0n) is 18.5. The lowest BCUT2D eigenvalue weighted by molar-refractivity contribution is -0.265. The summed E-state index contributed by atoms with van der Waals surface area (Å²) in [4.78, 5) is 6.73. The maximum atomic E-state index is 10.4. The third-order valence-electron chi connectivity index (χ3n) is 6.30. The van der Waals surface area contributed by atoms with Crippen molar-refractivity contribution in [2.45, 2.75) is 54.3 Å². The van der Waals surface area contributed by atoms with Crippen molar-refractivity contribution in [2.24, 2.45) is 0 Å². The van der Waals surface area contributed by atoms with E-state index in [1.165, 1.54) is 26.6 Å². The van der Waals surface area contributed by atoms with Gasteiger partial charge < -0.3 is 30.1 Å². The highest BCUT2D eigenvalue weighted by molar-refractivity contribution is 7.99. The molecule has 0 aromatic heterocycles. The molecule has 2 aromatic carbocycles. The van der Waals surface area contributed by atoms with Crippen LogP contribution in [0, 0.1) is 13.8 Å². The Kier molecular flexibility index (Phi) is 7.41. The quantitative estimate of drug-likeness (QED) is 0.532. The number of benzene rings is 2. The Labute approximate surface area is 193 Å². The van der Waals surface area contributed by atoms with Crippen LogP contribution >= 0.6 is 11.8 Å². The van der Waals surface area contributed by atoms with Crippen LogP contribution in [0.25, 0.3) is 0 Å². The topological polar surface area (TPSA) is 96.6 Å². The number of aryl methyl sites for hydroxylation is 2. The molecule has 2 aliphatic heterocycles. The lowest BCUT2D eigenvalue weighted by Gasteiger charge is -2.47. The molecule has 0 radical (unpaired) electrons. The van der Waals surface area contributed by atoms with Crippen LogP contribution in [0.4, 0.5) is 5.69 Å². The normalized spacial score (nSPS) is 29.3. The molecule has 2 saturated heterocycles. The number of para-hydroxylation sites is 1. The summed E-state index contributed by atoms with van der Waals surface area (Å²) in [7, 11) is 0. The van der Waals surface area contributed by atoms with E-state index < -0.39 is 37.3 Å². The van der Waals surface area contributed by atoms with Crippen LogP contribution in [0.5, 0.6) is 0 Å². The van der Waals surface area contributed by atoms with E-state index in [2.05, 4.69) is 55.1 Å². The van der Waals surface area contributed by atoms with Crippen molar-refractivity contribution in [3.63, 3.8) is 0 Å². The smallest absolute Gasteiger partial charge is 0.140 e. The van der Waals surface area contributed by atoms with E-state index >= 15 is 0 Å². The van der Waals surface area contributed by atoms with Gasteiger partial charge in [0.15, 0.2) is 0 Å². The molecule has 0 amide bonds. The SMILES string of the molecule is Cc1ccc(Sc2ccccc2N2CCN([C@H]3O[C@H](CO)[C@@H](O)[C@H](O)[C@H]3O)CC2)c(C)c1. The van der Waals surface area contributed by atoms with Crippen molar-refractivity contribution < 1.29 is 25.2 Å². The van der Waals surface area contributed by atoms with Gasteiger partial charge in [-0.25, -0.2) is 0 Å². The molecule has 0 aliphatic carbocycles. The van der Waals surface area contributed by atoms with Gasteiger partial charge in [-0.05, 0) is 37.6 Å². The number of rotatable bonds is 5. The maximum Gasteiger partial charge on any atom is 0.140 e. The van der Waals surface area contributed by atoms with E-state index in [1.54, 1.807) is 11.8 Å². The summed E-state index contributed by atoms with van der Waals surface area (Å²) in [6.45, 7) is 6.56. The Morgan fingerprint density at radius 3 is 2.31 bits per heavy atom. The highest BCUT2D eigenvalue weighted by Crippen LogP contribution is 2.37. The van der Waals surface area contributed by atoms with E-state index in [0.29, 0.717) is 13.1 Å². The molecule has 0 spiro atoms. The molecule has 4 N–H and O–H groups in total. The van der Waals surface area contributed by atoms with Gasteiger partial charge >= 0.3 is 0 Å². The number of ether oxygens (including phenoxy) is 1. The van der Waals surface area contributed by atoms with Gasteiger partial charge in [0.2, 0.25) is 0 Å². The summed E-state index contributed by atoms with van der Waals surface area (Å²) in [5, 5.41) is 40.0. The van der Waals surface area contributed by atoms with Crippen LogP contribution in [0.15, 0.2) is 52.3 Å². The van der Waals surface area contributed by atoms with Gasteiger partial charge in [-0.1, -0.05) is 41.6 Å². The van der Waals surface area contributed by atoms with Gasteiger partial charge in [0.05, 0.1) is 12.3 Å². The van der Waals surface area contributed by atoms with Gasteiger partial charge in [-0.3, -0.25) is 4.90 Å². The number of hydrogen-bond donors (Lipinski definition) is 4. The van der Waals surface area contributed by atoms with E-state index in [9.17, 15) is 20.4 Å². The summed E-state index contributed by atoms with van der Waals surface area (Å²) in [6.07, 6.45) is -5.55. The number of aliphatic hydroxyl groups is 4. The average molecular weight is 461 g/mol. The van der Waals surface area contributed by atoms with Crippen molar-refractivity contribution in [3.05, 3.63) is 53.6 Å². The third kappa shape index (κ3) is 4.82. The predicted molar refractivity (Wildman–Crippen MR) is 124 cm³/mol. The molecule has 5 atom stereocenters. The van der Waals surface area contributed by atoms with Crippen LogP contribution < -0.4 is 4.90 Å². The van der Waals surface area contributed by atoms with Crippen LogP contribution in [0.1, 0.15) is 11.1 Å². The van der Waals surface area contributed by atoms with Crippen molar-refractivity contribution in [1.29, 1.82) is 0 Å². The van der Waals surface area contributed by atoms with Crippen molar-refractivity contribution >= 4 is 17.4 Å². The van der Waals surface area contributed by atoms with E-state index in [0.717, 1.165) is 13.1 Å². The molecule has 4 rings (SSSR count). The standard InChI is InChI=1S/C24H32N2O5S/c1-15-7-8-19(16(2)13-15)32-20-6-4-3-5-17(20)25-9-11-26(12-10-25)24-23(30)22(29)21(28)18(14-27)31-24/h3-8,13,18,21-24,27-30H,9-12,14H2,1-2H3/t18-,21-,22+,23-,24+/m1/s1. The predicted octanol–water partition coefficient (Wildman–Crippen LogP) is 1.38. The maximum absolute atomic E-state index is 10.4. The number of anilines is 1. The monoisotopic (exact) mass is 460 g/mol. The Morgan fingerprint density at radius 2 is 1.62 bits per heavy atom. The Hall–Kier alpha value is -1.65. The summed E-state index contributed by atoms with van der Waals surface area (Å²) >= 11 is 1.77. The highest BCUT2D eigenvalue weighted by atomic mass is 32.2. The van der Waals surface area contributed by atoms with E-state index in [4.69, 9.17) is 4.74 Å². The molecule has 0 unspecified atom stereocenters. The van der Waals surface area contributed by atoms with Crippen molar-refractivity contribution in [3.8, 4) is 0 Å². The van der Waals surface area contributed by atoms with Crippen LogP contribution in [0.2, 0.25) is 0 Å². The third-order valence-corrected chi connectivity index (χ3v) is 7.54. The van der Waals surface area contributed by atoms with E-state index in [-0.39, 0.29) is 0 Å².